The normalized spacial score (nSPS) is 10.4. The molecule has 3 aromatic carbocycles. The van der Waals surface area contributed by atoms with Gasteiger partial charge in [-0.1, -0.05) is 42.5 Å². The maximum Gasteiger partial charge on any atom is 0.170 e. The molecule has 0 atom stereocenters. The minimum absolute atomic E-state index is 0.114. The summed E-state index contributed by atoms with van der Waals surface area (Å²) >= 11 is 0. The van der Waals surface area contributed by atoms with Crippen molar-refractivity contribution in [3.8, 4) is 23.0 Å². The van der Waals surface area contributed by atoms with E-state index in [1.165, 1.54) is 0 Å². The topological polar surface area (TPSA) is 50.7 Å². The molecule has 0 aliphatic carbocycles. The van der Waals surface area contributed by atoms with E-state index in [-0.39, 0.29) is 6.61 Å². The summed E-state index contributed by atoms with van der Waals surface area (Å²) in [5, 5.41) is 12.1. The number of hydrogen-bond donors (Lipinski definition) is 2. The van der Waals surface area contributed by atoms with Crippen LogP contribution in [0.15, 0.2) is 78.9 Å². The molecular weight excluding hydrogens is 314 g/mol. The van der Waals surface area contributed by atoms with Crippen LogP contribution < -0.4 is 14.8 Å². The second kappa shape index (κ2) is 8.87. The van der Waals surface area contributed by atoms with Crippen LogP contribution in [-0.4, -0.2) is 18.3 Å². The summed E-state index contributed by atoms with van der Waals surface area (Å²) in [6.07, 6.45) is 0. The van der Waals surface area contributed by atoms with Crippen LogP contribution in [0.2, 0.25) is 0 Å². The van der Waals surface area contributed by atoms with Crippen LogP contribution in [0.1, 0.15) is 5.56 Å². The zero-order chi connectivity index (χ0) is 17.3. The first-order chi connectivity index (χ1) is 12.3. The first-order valence-corrected chi connectivity index (χ1v) is 8.25. The summed E-state index contributed by atoms with van der Waals surface area (Å²) in [6, 6.07) is 25.1. The largest absolute Gasteiger partial charge is 0.453 e. The first kappa shape index (κ1) is 17.0. The van der Waals surface area contributed by atoms with Gasteiger partial charge in [0.15, 0.2) is 11.5 Å². The number of para-hydroxylation sites is 2. The van der Waals surface area contributed by atoms with E-state index in [1.54, 1.807) is 0 Å². The second-order valence-corrected chi connectivity index (χ2v) is 5.51. The number of rotatable bonds is 8. The molecule has 0 saturated carbocycles. The maximum absolute atomic E-state index is 8.89. The Morgan fingerprint density at radius 2 is 1.32 bits per heavy atom. The van der Waals surface area contributed by atoms with Crippen molar-refractivity contribution in [2.75, 3.05) is 13.2 Å². The molecule has 0 aliphatic heterocycles. The van der Waals surface area contributed by atoms with Crippen LogP contribution in [0.4, 0.5) is 0 Å². The van der Waals surface area contributed by atoms with E-state index in [9.17, 15) is 0 Å². The quantitative estimate of drug-likeness (QED) is 0.601. The summed E-state index contributed by atoms with van der Waals surface area (Å²) < 4.78 is 12.0. The average Bonchev–Trinajstić information content (AvgIpc) is 2.66. The molecule has 25 heavy (non-hydrogen) atoms. The Balaban J connectivity index is 1.84. The molecular formula is C21H21NO3. The SMILES string of the molecule is OCCNCc1ccc(Oc2ccccc2)c(Oc2ccccc2)c1. The van der Waals surface area contributed by atoms with E-state index in [2.05, 4.69) is 5.32 Å². The van der Waals surface area contributed by atoms with Crippen molar-refractivity contribution >= 4 is 0 Å². The van der Waals surface area contributed by atoms with Gasteiger partial charge < -0.3 is 19.9 Å². The van der Waals surface area contributed by atoms with Crippen LogP contribution in [0, 0.1) is 0 Å². The van der Waals surface area contributed by atoms with Crippen molar-refractivity contribution in [2.45, 2.75) is 6.54 Å². The predicted molar refractivity (Wildman–Crippen MR) is 98.3 cm³/mol. The van der Waals surface area contributed by atoms with Gasteiger partial charge in [-0.3, -0.25) is 0 Å². The summed E-state index contributed by atoms with van der Waals surface area (Å²) in [5.74, 6) is 2.81. The Kier molecular flexibility index (Phi) is 6.04. The lowest BCUT2D eigenvalue weighted by Crippen LogP contribution is -2.17. The third kappa shape index (κ3) is 5.08. The van der Waals surface area contributed by atoms with Gasteiger partial charge in [0.05, 0.1) is 6.61 Å². The summed E-state index contributed by atoms with van der Waals surface area (Å²) in [6.45, 7) is 1.32. The number of ether oxygens (including phenoxy) is 2. The molecule has 0 bridgehead atoms. The fraction of sp³-hybridized carbons (Fsp3) is 0.143. The van der Waals surface area contributed by atoms with Crippen molar-refractivity contribution in [3.05, 3.63) is 84.4 Å². The fourth-order valence-corrected chi connectivity index (χ4v) is 2.37. The Morgan fingerprint density at radius 1 is 0.720 bits per heavy atom. The van der Waals surface area contributed by atoms with E-state index in [1.807, 2.05) is 78.9 Å². The number of nitrogens with one attached hydrogen (secondary N) is 1. The van der Waals surface area contributed by atoms with Gasteiger partial charge in [-0.25, -0.2) is 0 Å². The average molecular weight is 335 g/mol. The highest BCUT2D eigenvalue weighted by Crippen LogP contribution is 2.35. The second-order valence-electron chi connectivity index (χ2n) is 5.51. The minimum atomic E-state index is 0.114. The van der Waals surface area contributed by atoms with Gasteiger partial charge in [0.1, 0.15) is 11.5 Å². The van der Waals surface area contributed by atoms with Gasteiger partial charge in [-0.05, 0) is 42.0 Å². The molecule has 0 saturated heterocycles. The van der Waals surface area contributed by atoms with Crippen LogP contribution >= 0.6 is 0 Å². The standard InChI is InChI=1S/C21H21NO3/c23-14-13-22-16-17-11-12-20(24-18-7-3-1-4-8-18)21(15-17)25-19-9-5-2-6-10-19/h1-12,15,22-23H,13-14,16H2. The summed E-state index contributed by atoms with van der Waals surface area (Å²) in [4.78, 5) is 0. The zero-order valence-corrected chi connectivity index (χ0v) is 13.9. The summed E-state index contributed by atoms with van der Waals surface area (Å²) in [5.41, 5.74) is 1.06. The van der Waals surface area contributed by atoms with Gasteiger partial charge in [-0.15, -0.1) is 0 Å². The monoisotopic (exact) mass is 335 g/mol. The maximum atomic E-state index is 8.89. The molecule has 3 aromatic rings. The molecule has 2 N–H and O–H groups in total. The van der Waals surface area contributed by atoms with Gasteiger partial charge >= 0.3 is 0 Å². The van der Waals surface area contributed by atoms with Crippen molar-refractivity contribution in [1.29, 1.82) is 0 Å². The van der Waals surface area contributed by atoms with Crippen LogP contribution in [-0.2, 0) is 6.54 Å². The van der Waals surface area contributed by atoms with E-state index in [0.29, 0.717) is 24.6 Å². The molecule has 4 nitrogen and oxygen atoms in total. The van der Waals surface area contributed by atoms with Crippen LogP contribution in [0.3, 0.4) is 0 Å². The Labute approximate surface area is 147 Å². The van der Waals surface area contributed by atoms with Gasteiger partial charge in [0.25, 0.3) is 0 Å². The fourth-order valence-electron chi connectivity index (χ4n) is 2.37. The molecule has 3 rings (SSSR count). The van der Waals surface area contributed by atoms with Crippen molar-refractivity contribution in [2.24, 2.45) is 0 Å². The molecule has 0 spiro atoms. The molecule has 4 heteroatoms. The lowest BCUT2D eigenvalue weighted by molar-refractivity contribution is 0.292. The van der Waals surface area contributed by atoms with E-state index < -0.39 is 0 Å². The summed E-state index contributed by atoms with van der Waals surface area (Å²) in [7, 11) is 0. The molecule has 0 radical (unpaired) electrons. The Bertz CT molecular complexity index is 776. The first-order valence-electron chi connectivity index (χ1n) is 8.25. The molecule has 0 aliphatic rings. The smallest absolute Gasteiger partial charge is 0.170 e. The molecule has 128 valence electrons. The number of benzene rings is 3. The van der Waals surface area contributed by atoms with E-state index in [0.717, 1.165) is 17.1 Å². The van der Waals surface area contributed by atoms with E-state index >= 15 is 0 Å². The molecule has 0 aromatic heterocycles. The Morgan fingerprint density at radius 3 is 1.92 bits per heavy atom. The van der Waals surface area contributed by atoms with Crippen molar-refractivity contribution in [3.63, 3.8) is 0 Å². The van der Waals surface area contributed by atoms with Gasteiger partial charge in [-0.2, -0.15) is 0 Å². The third-order valence-electron chi connectivity index (χ3n) is 3.57. The lowest BCUT2D eigenvalue weighted by atomic mass is 10.2. The molecule has 0 fully saturated rings. The minimum Gasteiger partial charge on any atom is -0.453 e. The highest BCUT2D eigenvalue weighted by Gasteiger charge is 2.09. The lowest BCUT2D eigenvalue weighted by Gasteiger charge is -2.14. The number of aliphatic hydroxyl groups is 1. The number of hydrogen-bond acceptors (Lipinski definition) is 4. The Hall–Kier alpha value is -2.82. The van der Waals surface area contributed by atoms with Gasteiger partial charge in [0.2, 0.25) is 0 Å². The predicted octanol–water partition coefficient (Wildman–Crippen LogP) is 4.35. The third-order valence-corrected chi connectivity index (χ3v) is 3.57. The van der Waals surface area contributed by atoms with Crippen LogP contribution in [0.5, 0.6) is 23.0 Å². The molecule has 0 heterocycles. The van der Waals surface area contributed by atoms with Crippen molar-refractivity contribution < 1.29 is 14.6 Å². The molecule has 0 unspecified atom stereocenters. The zero-order valence-electron chi connectivity index (χ0n) is 13.9. The van der Waals surface area contributed by atoms with E-state index in [4.69, 9.17) is 14.6 Å². The van der Waals surface area contributed by atoms with Crippen molar-refractivity contribution in [1.82, 2.24) is 5.32 Å². The highest BCUT2D eigenvalue weighted by atomic mass is 16.5. The highest BCUT2D eigenvalue weighted by molar-refractivity contribution is 5.47. The number of aliphatic hydroxyl groups excluding tert-OH is 1. The molecule has 0 amide bonds. The van der Waals surface area contributed by atoms with Crippen LogP contribution in [0.25, 0.3) is 0 Å². The van der Waals surface area contributed by atoms with Gasteiger partial charge in [0, 0.05) is 13.1 Å².